The predicted octanol–water partition coefficient (Wildman–Crippen LogP) is 2.82. The number of hydrogen-bond donors (Lipinski definition) is 1. The van der Waals surface area contributed by atoms with E-state index in [-0.39, 0.29) is 24.3 Å². The van der Waals surface area contributed by atoms with Gasteiger partial charge in [-0.05, 0) is 44.9 Å². The van der Waals surface area contributed by atoms with Gasteiger partial charge >= 0.3 is 0 Å². The molecule has 7 nitrogen and oxygen atoms in total. The summed E-state index contributed by atoms with van der Waals surface area (Å²) in [5.41, 5.74) is 0.543. The van der Waals surface area contributed by atoms with Crippen molar-refractivity contribution in [2.45, 2.75) is 45.8 Å². The van der Waals surface area contributed by atoms with Crippen LogP contribution in [0.5, 0.6) is 0 Å². The van der Waals surface area contributed by atoms with Crippen molar-refractivity contribution in [2.75, 3.05) is 19.7 Å². The molecule has 0 aliphatic carbocycles. The molecule has 0 radical (unpaired) electrons. The average Bonchev–Trinajstić information content (AvgIpc) is 3.39. The second kappa shape index (κ2) is 8.90. The maximum absolute atomic E-state index is 13.0. The number of rotatable bonds is 8. The van der Waals surface area contributed by atoms with Crippen LogP contribution in [0.1, 0.15) is 46.9 Å². The second-order valence-electron chi connectivity index (χ2n) is 6.82. The van der Waals surface area contributed by atoms with Gasteiger partial charge in [0.1, 0.15) is 17.3 Å². The van der Waals surface area contributed by atoms with Gasteiger partial charge in [0.15, 0.2) is 0 Å². The molecule has 2 amide bonds. The lowest BCUT2D eigenvalue weighted by molar-refractivity contribution is -0.121. The molecule has 1 fully saturated rings. The quantitative estimate of drug-likeness (QED) is 0.768. The van der Waals surface area contributed by atoms with E-state index in [0.29, 0.717) is 42.5 Å². The Bertz CT molecular complexity index is 759. The Morgan fingerprint density at radius 3 is 2.81 bits per heavy atom. The smallest absolute Gasteiger partial charge is 0.257 e. The zero-order valence-corrected chi connectivity index (χ0v) is 15.8. The highest BCUT2D eigenvalue weighted by Gasteiger charge is 2.26. The third kappa shape index (κ3) is 5.23. The lowest BCUT2D eigenvalue weighted by atomic mass is 10.1. The van der Waals surface area contributed by atoms with Gasteiger partial charge < -0.3 is 23.8 Å². The molecule has 0 aromatic carbocycles. The van der Waals surface area contributed by atoms with Gasteiger partial charge in [-0.15, -0.1) is 0 Å². The summed E-state index contributed by atoms with van der Waals surface area (Å²) in [4.78, 5) is 26.9. The predicted molar refractivity (Wildman–Crippen MR) is 98.2 cm³/mol. The van der Waals surface area contributed by atoms with Crippen molar-refractivity contribution in [1.29, 1.82) is 0 Å². The number of nitrogens with one attached hydrogen (secondary N) is 1. The molecule has 0 bridgehead atoms. The topological polar surface area (TPSA) is 84.9 Å². The van der Waals surface area contributed by atoms with Gasteiger partial charge in [-0.3, -0.25) is 9.59 Å². The van der Waals surface area contributed by atoms with Gasteiger partial charge in [0.2, 0.25) is 5.91 Å². The highest BCUT2D eigenvalue weighted by Crippen LogP contribution is 2.19. The first kappa shape index (κ1) is 19.2. The van der Waals surface area contributed by atoms with Crippen LogP contribution in [0, 0.1) is 13.8 Å². The zero-order valence-electron chi connectivity index (χ0n) is 15.8. The van der Waals surface area contributed by atoms with Crippen LogP contribution >= 0.6 is 0 Å². The number of carbonyl (C=O) groups excluding carboxylic acids is 2. The van der Waals surface area contributed by atoms with Crippen molar-refractivity contribution in [3.8, 4) is 0 Å². The molecule has 27 heavy (non-hydrogen) atoms. The summed E-state index contributed by atoms with van der Waals surface area (Å²) in [6.45, 7) is 5.46. The first-order chi connectivity index (χ1) is 13.0. The first-order valence-corrected chi connectivity index (χ1v) is 9.30. The molecular formula is C20H26N2O5. The van der Waals surface area contributed by atoms with Crippen LogP contribution in [0.4, 0.5) is 0 Å². The third-order valence-electron chi connectivity index (χ3n) is 4.66. The van der Waals surface area contributed by atoms with E-state index < -0.39 is 0 Å². The minimum atomic E-state index is -0.128. The summed E-state index contributed by atoms with van der Waals surface area (Å²) in [6, 6.07) is 5.33. The Morgan fingerprint density at radius 1 is 1.33 bits per heavy atom. The normalized spacial score (nSPS) is 16.4. The largest absolute Gasteiger partial charge is 0.467 e. The number of ether oxygens (including phenoxy) is 1. The van der Waals surface area contributed by atoms with Crippen molar-refractivity contribution in [3.05, 3.63) is 47.3 Å². The van der Waals surface area contributed by atoms with E-state index >= 15 is 0 Å². The van der Waals surface area contributed by atoms with Gasteiger partial charge in [-0.2, -0.15) is 0 Å². The molecule has 0 saturated carbocycles. The van der Waals surface area contributed by atoms with Crippen LogP contribution in [0.2, 0.25) is 0 Å². The standard InChI is InChI=1S/C20H26N2O5/c1-14-11-18(15(2)27-14)20(24)22(13-17-6-4-10-26-17)8-7-19(23)21-12-16-5-3-9-25-16/h3,5,9,11,17H,4,6-8,10,12-13H2,1-2H3,(H,21,23)/t17-/m0/s1. The first-order valence-electron chi connectivity index (χ1n) is 9.30. The highest BCUT2D eigenvalue weighted by atomic mass is 16.5. The SMILES string of the molecule is Cc1cc(C(=O)N(CCC(=O)NCc2ccco2)C[C@@H]2CCCO2)c(C)o1. The van der Waals surface area contributed by atoms with Gasteiger partial charge in [0.25, 0.3) is 5.91 Å². The molecule has 1 aliphatic rings. The Labute approximate surface area is 158 Å². The summed E-state index contributed by atoms with van der Waals surface area (Å²) in [5, 5.41) is 2.81. The molecule has 3 heterocycles. The van der Waals surface area contributed by atoms with Crippen LogP contribution in [-0.4, -0.2) is 42.5 Å². The highest BCUT2D eigenvalue weighted by molar-refractivity contribution is 5.95. The summed E-state index contributed by atoms with van der Waals surface area (Å²) in [7, 11) is 0. The van der Waals surface area contributed by atoms with Gasteiger partial charge in [-0.1, -0.05) is 0 Å². The fourth-order valence-corrected chi connectivity index (χ4v) is 3.25. The van der Waals surface area contributed by atoms with Crippen LogP contribution in [-0.2, 0) is 16.1 Å². The number of aryl methyl sites for hydroxylation is 2. The Hall–Kier alpha value is -2.54. The number of amides is 2. The fraction of sp³-hybridized carbons (Fsp3) is 0.500. The van der Waals surface area contributed by atoms with Gasteiger partial charge in [0.05, 0.1) is 24.5 Å². The molecule has 146 valence electrons. The van der Waals surface area contributed by atoms with Crippen LogP contribution in [0.3, 0.4) is 0 Å². The fourth-order valence-electron chi connectivity index (χ4n) is 3.25. The molecule has 7 heteroatoms. The van der Waals surface area contributed by atoms with Gasteiger partial charge in [-0.25, -0.2) is 0 Å². The summed E-state index contributed by atoms with van der Waals surface area (Å²) in [5.74, 6) is 1.73. The van der Waals surface area contributed by atoms with Crippen molar-refractivity contribution in [3.63, 3.8) is 0 Å². The van der Waals surface area contributed by atoms with Crippen LogP contribution < -0.4 is 5.32 Å². The monoisotopic (exact) mass is 374 g/mol. The van der Waals surface area contributed by atoms with E-state index in [4.69, 9.17) is 13.6 Å². The molecule has 0 unspecified atom stereocenters. The minimum Gasteiger partial charge on any atom is -0.467 e. The Morgan fingerprint density at radius 2 is 2.19 bits per heavy atom. The minimum absolute atomic E-state index is 0.0217. The Kier molecular flexibility index (Phi) is 6.34. The van der Waals surface area contributed by atoms with E-state index in [1.54, 1.807) is 36.3 Å². The van der Waals surface area contributed by atoms with Crippen molar-refractivity contribution in [1.82, 2.24) is 10.2 Å². The number of furan rings is 2. The number of carbonyl (C=O) groups is 2. The molecular weight excluding hydrogens is 348 g/mol. The summed E-state index contributed by atoms with van der Waals surface area (Å²) < 4.78 is 16.4. The van der Waals surface area contributed by atoms with E-state index in [2.05, 4.69) is 5.32 Å². The molecule has 1 N–H and O–H groups in total. The molecule has 2 aromatic heterocycles. The van der Waals surface area contributed by atoms with Gasteiger partial charge in [0, 0.05) is 26.1 Å². The van der Waals surface area contributed by atoms with E-state index in [0.717, 1.165) is 19.4 Å². The maximum Gasteiger partial charge on any atom is 0.257 e. The lowest BCUT2D eigenvalue weighted by Gasteiger charge is -2.25. The van der Waals surface area contributed by atoms with E-state index in [1.165, 1.54) is 0 Å². The maximum atomic E-state index is 13.0. The van der Waals surface area contributed by atoms with E-state index in [1.807, 2.05) is 6.92 Å². The van der Waals surface area contributed by atoms with E-state index in [9.17, 15) is 9.59 Å². The summed E-state index contributed by atoms with van der Waals surface area (Å²) >= 11 is 0. The van der Waals surface area contributed by atoms with Crippen molar-refractivity contribution < 1.29 is 23.2 Å². The van der Waals surface area contributed by atoms with Crippen LogP contribution in [0.25, 0.3) is 0 Å². The molecule has 1 aliphatic heterocycles. The molecule has 2 aromatic rings. The van der Waals surface area contributed by atoms with Crippen molar-refractivity contribution >= 4 is 11.8 Å². The number of hydrogen-bond acceptors (Lipinski definition) is 5. The molecule has 1 atom stereocenters. The average molecular weight is 374 g/mol. The molecule has 0 spiro atoms. The molecule has 3 rings (SSSR count). The summed E-state index contributed by atoms with van der Waals surface area (Å²) in [6.07, 6.45) is 3.74. The third-order valence-corrected chi connectivity index (χ3v) is 4.66. The Balaban J connectivity index is 1.59. The lowest BCUT2D eigenvalue weighted by Crippen LogP contribution is -2.40. The molecule has 1 saturated heterocycles. The van der Waals surface area contributed by atoms with Crippen molar-refractivity contribution in [2.24, 2.45) is 0 Å². The zero-order chi connectivity index (χ0) is 19.2. The second-order valence-corrected chi connectivity index (χ2v) is 6.82. The number of nitrogens with zero attached hydrogens (tertiary/aromatic N) is 1. The van der Waals surface area contributed by atoms with Crippen LogP contribution in [0.15, 0.2) is 33.3 Å².